The van der Waals surface area contributed by atoms with E-state index < -0.39 is 19.8 Å². The fourth-order valence-corrected chi connectivity index (χ4v) is 3.13. The highest BCUT2D eigenvalue weighted by molar-refractivity contribution is 7.46. The van der Waals surface area contributed by atoms with Gasteiger partial charge in [0.15, 0.2) is 0 Å². The van der Waals surface area contributed by atoms with E-state index in [0.29, 0.717) is 11.7 Å². The summed E-state index contributed by atoms with van der Waals surface area (Å²) in [5, 5.41) is 0. The average Bonchev–Trinajstić information content (AvgIpc) is 2.72. The normalized spacial score (nSPS) is 14.1. The highest BCUT2D eigenvalue weighted by atomic mass is 31.2. The van der Waals surface area contributed by atoms with Crippen LogP contribution >= 0.6 is 7.82 Å². The summed E-state index contributed by atoms with van der Waals surface area (Å²) in [6, 6.07) is 7.88. The number of ether oxygens (including phenoxy) is 2. The lowest BCUT2D eigenvalue weighted by Gasteiger charge is -2.21. The van der Waals surface area contributed by atoms with Crippen LogP contribution in [-0.2, 0) is 23.4 Å². The molecule has 0 saturated heterocycles. The van der Waals surface area contributed by atoms with E-state index in [-0.39, 0.29) is 18.8 Å². The number of hydrogen-bond donors (Lipinski definition) is 2. The molecule has 1 fully saturated rings. The van der Waals surface area contributed by atoms with E-state index in [1.54, 1.807) is 0 Å². The van der Waals surface area contributed by atoms with Crippen molar-refractivity contribution in [3.8, 4) is 5.75 Å². The zero-order valence-corrected chi connectivity index (χ0v) is 18.0. The van der Waals surface area contributed by atoms with Gasteiger partial charge in [-0.2, -0.15) is 0 Å². The van der Waals surface area contributed by atoms with Gasteiger partial charge in [0.05, 0.1) is 6.61 Å². The summed E-state index contributed by atoms with van der Waals surface area (Å²) in [5.41, 5.74) is 1.58. The molecule has 0 aromatic heterocycles. The highest BCUT2D eigenvalue weighted by Crippen LogP contribution is 2.35. The molecular weight excluding hydrogens is 411 g/mol. The van der Waals surface area contributed by atoms with Crippen LogP contribution in [-0.4, -0.2) is 34.9 Å². The maximum Gasteiger partial charge on any atom is 0.469 e. The van der Waals surface area contributed by atoms with Crippen molar-refractivity contribution >= 4 is 19.8 Å². The first-order valence-corrected chi connectivity index (χ1v) is 11.1. The molecule has 2 N–H and O–H groups in total. The molecule has 1 aliphatic carbocycles. The summed E-state index contributed by atoms with van der Waals surface area (Å²) in [7, 11) is -4.46. The molecule has 0 radical (unpaired) electrons. The quantitative estimate of drug-likeness (QED) is 0.204. The number of rotatable bonds is 8. The number of phosphoric ester groups is 1. The summed E-state index contributed by atoms with van der Waals surface area (Å²) < 4.78 is 23.7. The van der Waals surface area contributed by atoms with Gasteiger partial charge in [0.2, 0.25) is 0 Å². The van der Waals surface area contributed by atoms with E-state index in [0.717, 1.165) is 0 Å². The Bertz CT molecular complexity index is 760. The number of esters is 2. The standard InChI is InChI=1S/C15H18O2.C6H11O6P/c1-2-15(16)17-14-10-8-13(9-11-14)12-6-4-3-5-7-12;1-5(2)6(7)11-3-4-12-13(8,9)10/h2,8-12H,1,3-7H2;1,3-4H2,2H3,(H2,8,9,10). The van der Waals surface area contributed by atoms with E-state index in [1.807, 2.05) is 12.1 Å². The molecule has 0 heterocycles. The SMILES string of the molecule is C=C(C)C(=O)OCCOP(=O)(O)O.C=CC(=O)Oc1ccc(C2CCCCC2)cc1. The van der Waals surface area contributed by atoms with Crippen LogP contribution in [0.1, 0.15) is 50.5 Å². The largest absolute Gasteiger partial charge is 0.469 e. The van der Waals surface area contributed by atoms with E-state index in [4.69, 9.17) is 14.5 Å². The minimum atomic E-state index is -4.46. The van der Waals surface area contributed by atoms with Crippen LogP contribution in [0, 0.1) is 0 Å². The van der Waals surface area contributed by atoms with Gasteiger partial charge in [0, 0.05) is 11.6 Å². The zero-order valence-electron chi connectivity index (χ0n) is 17.1. The number of carbonyl (C=O) groups is 2. The fraction of sp³-hybridized carbons (Fsp3) is 0.429. The third-order valence-electron chi connectivity index (χ3n) is 4.27. The Morgan fingerprint density at radius 1 is 1.13 bits per heavy atom. The third kappa shape index (κ3) is 11.1. The summed E-state index contributed by atoms with van der Waals surface area (Å²) in [6.45, 7) is 7.60. The minimum Gasteiger partial charge on any atom is -0.460 e. The lowest BCUT2D eigenvalue weighted by molar-refractivity contribution is -0.139. The zero-order chi connectivity index (χ0) is 22.6. The Hall–Kier alpha value is -2.25. The molecule has 166 valence electrons. The Labute approximate surface area is 176 Å². The van der Waals surface area contributed by atoms with Gasteiger partial charge in [-0.25, -0.2) is 14.2 Å². The van der Waals surface area contributed by atoms with Gasteiger partial charge in [0.1, 0.15) is 12.4 Å². The number of benzene rings is 1. The first-order chi connectivity index (χ1) is 14.1. The fourth-order valence-electron chi connectivity index (χ4n) is 2.82. The third-order valence-corrected chi connectivity index (χ3v) is 4.79. The van der Waals surface area contributed by atoms with E-state index in [1.165, 1.54) is 50.7 Å². The van der Waals surface area contributed by atoms with Crippen LogP contribution in [0.2, 0.25) is 0 Å². The molecule has 0 amide bonds. The molecule has 0 aliphatic heterocycles. The smallest absolute Gasteiger partial charge is 0.460 e. The molecule has 0 unspecified atom stereocenters. The molecule has 1 aliphatic rings. The van der Waals surface area contributed by atoms with Gasteiger partial charge in [-0.1, -0.05) is 44.6 Å². The molecule has 30 heavy (non-hydrogen) atoms. The lowest BCUT2D eigenvalue weighted by Crippen LogP contribution is -2.10. The Kier molecular flexibility index (Phi) is 11.3. The Morgan fingerprint density at radius 3 is 2.23 bits per heavy atom. The van der Waals surface area contributed by atoms with Gasteiger partial charge in [-0.15, -0.1) is 0 Å². The second-order valence-electron chi connectivity index (χ2n) is 6.77. The Morgan fingerprint density at radius 2 is 1.73 bits per heavy atom. The predicted octanol–water partition coefficient (Wildman–Crippen LogP) is 4.04. The number of hydrogen-bond acceptors (Lipinski definition) is 6. The van der Waals surface area contributed by atoms with Crippen LogP contribution in [0.25, 0.3) is 0 Å². The second-order valence-corrected chi connectivity index (χ2v) is 8.01. The van der Waals surface area contributed by atoms with Crippen molar-refractivity contribution in [2.24, 2.45) is 0 Å². The molecule has 2 rings (SSSR count). The van der Waals surface area contributed by atoms with E-state index in [2.05, 4.69) is 34.6 Å². The molecule has 0 atom stereocenters. The van der Waals surface area contributed by atoms with Crippen LogP contribution in [0.3, 0.4) is 0 Å². The molecule has 1 aromatic carbocycles. The maximum absolute atomic E-state index is 11.0. The van der Waals surface area contributed by atoms with Crippen molar-refractivity contribution in [2.45, 2.75) is 44.9 Å². The molecular formula is C21H29O8P. The van der Waals surface area contributed by atoms with Crippen molar-refractivity contribution in [3.63, 3.8) is 0 Å². The lowest BCUT2D eigenvalue weighted by atomic mass is 9.84. The molecule has 8 nitrogen and oxygen atoms in total. The van der Waals surface area contributed by atoms with Crippen molar-refractivity contribution in [3.05, 3.63) is 54.6 Å². The van der Waals surface area contributed by atoms with Crippen LogP contribution in [0.5, 0.6) is 5.75 Å². The maximum atomic E-state index is 11.0. The van der Waals surface area contributed by atoms with Crippen molar-refractivity contribution in [1.29, 1.82) is 0 Å². The van der Waals surface area contributed by atoms with Gasteiger partial charge >= 0.3 is 19.8 Å². The summed E-state index contributed by atoms with van der Waals surface area (Å²) in [6.07, 6.45) is 7.77. The van der Waals surface area contributed by atoms with Crippen LogP contribution in [0.15, 0.2) is 49.1 Å². The van der Waals surface area contributed by atoms with Crippen LogP contribution in [0.4, 0.5) is 0 Å². The average molecular weight is 440 g/mol. The molecule has 0 spiro atoms. The molecule has 0 bridgehead atoms. The monoisotopic (exact) mass is 440 g/mol. The van der Waals surface area contributed by atoms with Gasteiger partial charge < -0.3 is 19.3 Å². The van der Waals surface area contributed by atoms with Crippen LogP contribution < -0.4 is 4.74 Å². The van der Waals surface area contributed by atoms with Crippen molar-refractivity contribution in [2.75, 3.05) is 13.2 Å². The van der Waals surface area contributed by atoms with Crippen molar-refractivity contribution in [1.82, 2.24) is 0 Å². The van der Waals surface area contributed by atoms with E-state index in [9.17, 15) is 14.2 Å². The van der Waals surface area contributed by atoms with Gasteiger partial charge in [0.25, 0.3) is 0 Å². The van der Waals surface area contributed by atoms with E-state index >= 15 is 0 Å². The first-order valence-electron chi connectivity index (χ1n) is 9.59. The second kappa shape index (κ2) is 13.1. The molecule has 1 saturated carbocycles. The van der Waals surface area contributed by atoms with Gasteiger partial charge in [-0.3, -0.25) is 4.52 Å². The predicted molar refractivity (Wildman–Crippen MR) is 112 cm³/mol. The highest BCUT2D eigenvalue weighted by Gasteiger charge is 2.15. The summed E-state index contributed by atoms with van der Waals surface area (Å²) in [5.74, 6) is 0.257. The van der Waals surface area contributed by atoms with Crippen molar-refractivity contribution < 1.29 is 37.9 Å². The number of phosphoric acid groups is 1. The molecule has 9 heteroatoms. The molecule has 1 aromatic rings. The first kappa shape index (κ1) is 25.8. The minimum absolute atomic E-state index is 0.212. The number of carbonyl (C=O) groups excluding carboxylic acids is 2. The van der Waals surface area contributed by atoms with Gasteiger partial charge in [-0.05, 0) is 43.4 Å². The Balaban J connectivity index is 0.000000314. The topological polar surface area (TPSA) is 119 Å². The summed E-state index contributed by atoms with van der Waals surface area (Å²) in [4.78, 5) is 38.2. The summed E-state index contributed by atoms with van der Waals surface area (Å²) >= 11 is 0.